The number of hydrogen-bond donors (Lipinski definition) is 0. The Morgan fingerprint density at radius 1 is 1.80 bits per heavy atom. The second-order valence-electron chi connectivity index (χ2n) is 2.32. The van der Waals surface area contributed by atoms with Crippen molar-refractivity contribution >= 4 is 16.8 Å². The molecule has 1 saturated heterocycles. The van der Waals surface area contributed by atoms with Gasteiger partial charge in [-0.05, 0) is 24.6 Å². The minimum absolute atomic E-state index is 0.127. The molecule has 0 N–H and O–H groups in total. The molecule has 0 aromatic heterocycles. The average molecular weight is 161 g/mol. The lowest BCUT2D eigenvalue weighted by molar-refractivity contribution is -0.108. The van der Waals surface area contributed by atoms with Crippen molar-refractivity contribution in [3.63, 3.8) is 0 Å². The summed E-state index contributed by atoms with van der Waals surface area (Å²) in [6.45, 7) is 2.49. The Bertz CT molecular complexity index is 170. The van der Waals surface area contributed by atoms with Crippen LogP contribution in [0.1, 0.15) is 13.3 Å². The highest BCUT2D eigenvalue weighted by Crippen LogP contribution is 2.14. The third-order valence-corrected chi connectivity index (χ3v) is 1.78. The van der Waals surface area contributed by atoms with Crippen molar-refractivity contribution in [3.05, 3.63) is 11.6 Å². The highest BCUT2D eigenvalue weighted by atomic mass is 35.5. The molecule has 0 amide bonds. The zero-order chi connectivity index (χ0) is 7.56. The quantitative estimate of drug-likeness (QED) is 0.452. The van der Waals surface area contributed by atoms with Gasteiger partial charge in [0, 0.05) is 12.0 Å². The van der Waals surface area contributed by atoms with Gasteiger partial charge in [0.15, 0.2) is 0 Å². The number of halogens is 1. The monoisotopic (exact) mass is 160 g/mol. The van der Waals surface area contributed by atoms with Crippen LogP contribution in [0, 0.1) is 0 Å². The van der Waals surface area contributed by atoms with Crippen LogP contribution in [0.5, 0.6) is 0 Å². The Morgan fingerprint density at radius 2 is 2.40 bits per heavy atom. The van der Waals surface area contributed by atoms with Gasteiger partial charge in [0.1, 0.15) is 0 Å². The van der Waals surface area contributed by atoms with Crippen LogP contribution in [0.2, 0.25) is 0 Å². The van der Waals surface area contributed by atoms with E-state index in [2.05, 4.69) is 0 Å². The minimum atomic E-state index is -0.393. The molecule has 1 fully saturated rings. The predicted octanol–water partition coefficient (Wildman–Crippen LogP) is 1.49. The lowest BCUT2D eigenvalue weighted by Gasteiger charge is -2.23. The van der Waals surface area contributed by atoms with E-state index in [4.69, 9.17) is 16.3 Å². The minimum Gasteiger partial charge on any atom is -0.374 e. The lowest BCUT2D eigenvalue weighted by atomic mass is 10.1. The van der Waals surface area contributed by atoms with Crippen molar-refractivity contribution in [2.75, 3.05) is 6.61 Å². The summed E-state index contributed by atoms with van der Waals surface area (Å²) >= 11 is 5.19. The molecule has 2 nitrogen and oxygen atoms in total. The summed E-state index contributed by atoms with van der Waals surface area (Å²) in [6, 6.07) is 0. The number of carbonyl (C=O) groups excluding carboxylic acids is 1. The Kier molecular flexibility index (Phi) is 2.46. The summed E-state index contributed by atoms with van der Waals surface area (Å²) in [4.78, 5) is 10.5. The van der Waals surface area contributed by atoms with Crippen molar-refractivity contribution in [1.29, 1.82) is 0 Å². The van der Waals surface area contributed by atoms with Crippen molar-refractivity contribution in [2.45, 2.75) is 19.4 Å². The number of ether oxygens (including phenoxy) is 1. The van der Waals surface area contributed by atoms with E-state index in [1.54, 1.807) is 13.0 Å². The van der Waals surface area contributed by atoms with Crippen LogP contribution < -0.4 is 0 Å². The molecule has 1 aliphatic rings. The zero-order valence-corrected chi connectivity index (χ0v) is 6.52. The van der Waals surface area contributed by atoms with Gasteiger partial charge in [-0.1, -0.05) is 0 Å². The summed E-state index contributed by atoms with van der Waals surface area (Å²) in [5.74, 6) is 0. The molecule has 56 valence electrons. The largest absolute Gasteiger partial charge is 0.374 e. The fourth-order valence-corrected chi connectivity index (χ4v) is 0.793. The van der Waals surface area contributed by atoms with E-state index in [-0.39, 0.29) is 6.10 Å². The zero-order valence-electron chi connectivity index (χ0n) is 5.76. The first-order valence-electron chi connectivity index (χ1n) is 3.20. The third kappa shape index (κ3) is 1.82. The molecule has 0 spiro atoms. The van der Waals surface area contributed by atoms with E-state index in [9.17, 15) is 4.79 Å². The first-order chi connectivity index (χ1) is 4.70. The van der Waals surface area contributed by atoms with Gasteiger partial charge >= 0.3 is 0 Å². The Morgan fingerprint density at radius 3 is 2.70 bits per heavy atom. The SMILES string of the molecule is CC(=CC1CCO1)C(=O)Cl. The van der Waals surface area contributed by atoms with Gasteiger partial charge in [-0.15, -0.1) is 0 Å². The maximum atomic E-state index is 10.5. The molecule has 0 bridgehead atoms. The van der Waals surface area contributed by atoms with E-state index in [0.29, 0.717) is 5.57 Å². The topological polar surface area (TPSA) is 26.3 Å². The van der Waals surface area contributed by atoms with Gasteiger partial charge in [0.05, 0.1) is 12.7 Å². The van der Waals surface area contributed by atoms with E-state index >= 15 is 0 Å². The Balaban J connectivity index is 2.44. The number of allylic oxidation sites excluding steroid dienone is 1. The van der Waals surface area contributed by atoms with Crippen LogP contribution in [0.3, 0.4) is 0 Å². The predicted molar refractivity (Wildman–Crippen MR) is 39.0 cm³/mol. The van der Waals surface area contributed by atoms with Gasteiger partial charge < -0.3 is 4.74 Å². The molecule has 1 rings (SSSR count). The van der Waals surface area contributed by atoms with Crippen LogP contribution in [-0.4, -0.2) is 18.0 Å². The molecule has 0 aromatic rings. The van der Waals surface area contributed by atoms with Crippen LogP contribution in [-0.2, 0) is 9.53 Å². The molecule has 3 heteroatoms. The second-order valence-corrected chi connectivity index (χ2v) is 2.66. The van der Waals surface area contributed by atoms with Crippen LogP contribution in [0.25, 0.3) is 0 Å². The molecule has 0 aromatic carbocycles. The van der Waals surface area contributed by atoms with Crippen molar-refractivity contribution in [2.24, 2.45) is 0 Å². The fourth-order valence-electron chi connectivity index (χ4n) is 0.730. The Hall–Kier alpha value is -0.340. The van der Waals surface area contributed by atoms with Gasteiger partial charge in [0.25, 0.3) is 0 Å². The molecule has 0 aliphatic carbocycles. The standard InChI is InChI=1S/C7H9ClO2/c1-5(7(8)9)4-6-2-3-10-6/h4,6H,2-3H2,1H3. The molecular weight excluding hydrogens is 152 g/mol. The number of carbonyl (C=O) groups is 1. The first kappa shape index (κ1) is 7.76. The molecule has 10 heavy (non-hydrogen) atoms. The van der Waals surface area contributed by atoms with Crippen molar-refractivity contribution in [3.8, 4) is 0 Å². The van der Waals surface area contributed by atoms with E-state index in [0.717, 1.165) is 13.0 Å². The maximum Gasteiger partial charge on any atom is 0.247 e. The lowest BCUT2D eigenvalue weighted by Crippen LogP contribution is -2.24. The summed E-state index contributed by atoms with van der Waals surface area (Å²) in [5.41, 5.74) is 0.575. The molecule has 1 atom stereocenters. The van der Waals surface area contributed by atoms with Crippen LogP contribution >= 0.6 is 11.6 Å². The highest BCUT2D eigenvalue weighted by molar-refractivity contribution is 6.67. The average Bonchev–Trinajstić information content (AvgIpc) is 1.77. The van der Waals surface area contributed by atoms with E-state index in [1.807, 2.05) is 0 Å². The Labute approximate surface area is 64.8 Å². The van der Waals surface area contributed by atoms with Gasteiger partial charge in [-0.3, -0.25) is 4.79 Å². The first-order valence-corrected chi connectivity index (χ1v) is 3.58. The van der Waals surface area contributed by atoms with E-state index < -0.39 is 5.24 Å². The summed E-state index contributed by atoms with van der Waals surface area (Å²) in [5, 5.41) is -0.393. The molecule has 1 aliphatic heterocycles. The van der Waals surface area contributed by atoms with Gasteiger partial charge in [0.2, 0.25) is 5.24 Å². The molecule has 0 radical (unpaired) electrons. The van der Waals surface area contributed by atoms with E-state index in [1.165, 1.54) is 0 Å². The van der Waals surface area contributed by atoms with Gasteiger partial charge in [-0.2, -0.15) is 0 Å². The molecule has 1 heterocycles. The van der Waals surface area contributed by atoms with Crippen molar-refractivity contribution < 1.29 is 9.53 Å². The number of hydrogen-bond acceptors (Lipinski definition) is 2. The van der Waals surface area contributed by atoms with Crippen LogP contribution in [0.4, 0.5) is 0 Å². The highest BCUT2D eigenvalue weighted by Gasteiger charge is 2.16. The number of rotatable bonds is 2. The summed E-state index contributed by atoms with van der Waals surface area (Å²) in [6.07, 6.45) is 2.89. The van der Waals surface area contributed by atoms with Gasteiger partial charge in [-0.25, -0.2) is 0 Å². The normalized spacial score (nSPS) is 25.8. The second kappa shape index (κ2) is 3.17. The van der Waals surface area contributed by atoms with Crippen LogP contribution in [0.15, 0.2) is 11.6 Å². The maximum absolute atomic E-state index is 10.5. The summed E-state index contributed by atoms with van der Waals surface area (Å²) < 4.78 is 5.06. The van der Waals surface area contributed by atoms with Crippen molar-refractivity contribution in [1.82, 2.24) is 0 Å². The smallest absolute Gasteiger partial charge is 0.247 e. The molecule has 1 unspecified atom stereocenters. The summed E-state index contributed by atoms with van der Waals surface area (Å²) in [7, 11) is 0. The fraction of sp³-hybridized carbons (Fsp3) is 0.571. The molecular formula is C7H9ClO2. The molecule has 0 saturated carbocycles. The third-order valence-electron chi connectivity index (χ3n) is 1.48.